The average molecular weight is 236 g/mol. The fraction of sp³-hybridized carbons (Fsp3) is 0.100. The topological polar surface area (TPSA) is 17.8 Å². The van der Waals surface area contributed by atoms with E-state index in [0.29, 0.717) is 0 Å². The second-order valence-corrected chi connectivity index (χ2v) is 3.72. The van der Waals surface area contributed by atoms with Gasteiger partial charge in [-0.25, -0.2) is 4.68 Å². The first kappa shape index (κ1) is 8.51. The Morgan fingerprint density at radius 1 is 1.46 bits per heavy atom. The summed E-state index contributed by atoms with van der Waals surface area (Å²) in [6, 6.07) is 9.87. The van der Waals surface area contributed by atoms with Crippen LogP contribution in [-0.2, 0) is 0 Å². The summed E-state index contributed by atoms with van der Waals surface area (Å²) in [6.07, 6.45) is 2.81. The van der Waals surface area contributed by atoms with Crippen molar-refractivity contribution in [3.05, 3.63) is 46.7 Å². The van der Waals surface area contributed by atoms with Crippen LogP contribution in [0.4, 0.5) is 0 Å². The van der Waals surface area contributed by atoms with E-state index >= 15 is 0 Å². The molecule has 2 nitrogen and oxygen atoms in total. The lowest BCUT2D eigenvalue weighted by Gasteiger charge is -2.03. The van der Waals surface area contributed by atoms with Crippen LogP contribution in [-0.4, -0.2) is 9.78 Å². The molecule has 0 fully saturated rings. The molecular weight excluding hydrogens is 228 g/mol. The summed E-state index contributed by atoms with van der Waals surface area (Å²) in [5.74, 6) is 0. The van der Waals surface area contributed by atoms with Crippen LogP contribution in [0.1, 0.15) is 5.69 Å². The van der Waals surface area contributed by atoms with Crippen molar-refractivity contribution >= 4 is 15.9 Å². The molecule has 13 heavy (non-hydrogen) atoms. The third-order valence-corrected chi connectivity index (χ3v) is 2.31. The molecule has 65 valence electrons. The van der Waals surface area contributed by atoms with Crippen LogP contribution in [0, 0.1) is 13.1 Å². The maximum absolute atomic E-state index is 4.10. The zero-order valence-electron chi connectivity index (χ0n) is 7.16. The largest absolute Gasteiger partial charge is 0.237 e. The van der Waals surface area contributed by atoms with Gasteiger partial charge in [-0.05, 0) is 31.2 Å². The Labute approximate surface area is 85.3 Å². The minimum Gasteiger partial charge on any atom is -0.237 e. The molecule has 0 saturated heterocycles. The lowest BCUT2D eigenvalue weighted by molar-refractivity contribution is 0.844. The minimum absolute atomic E-state index is 1.05. The second-order valence-electron chi connectivity index (χ2n) is 2.81. The van der Waals surface area contributed by atoms with Crippen LogP contribution < -0.4 is 0 Å². The third kappa shape index (κ3) is 1.65. The van der Waals surface area contributed by atoms with Crippen molar-refractivity contribution in [2.75, 3.05) is 0 Å². The highest BCUT2D eigenvalue weighted by molar-refractivity contribution is 9.10. The highest BCUT2D eigenvalue weighted by atomic mass is 79.9. The Morgan fingerprint density at radius 3 is 2.92 bits per heavy atom. The molecule has 1 radical (unpaired) electrons. The van der Waals surface area contributed by atoms with Crippen LogP contribution in [0.25, 0.3) is 5.69 Å². The van der Waals surface area contributed by atoms with Gasteiger partial charge in [0, 0.05) is 10.2 Å². The van der Waals surface area contributed by atoms with Gasteiger partial charge < -0.3 is 0 Å². The second kappa shape index (κ2) is 3.34. The summed E-state index contributed by atoms with van der Waals surface area (Å²) in [4.78, 5) is 0. The van der Waals surface area contributed by atoms with Gasteiger partial charge in [-0.15, -0.1) is 0 Å². The number of benzene rings is 1. The minimum atomic E-state index is 1.05. The number of hydrogen-bond acceptors (Lipinski definition) is 1. The molecule has 0 amide bonds. The van der Waals surface area contributed by atoms with Gasteiger partial charge in [0.1, 0.15) is 6.20 Å². The van der Waals surface area contributed by atoms with Crippen LogP contribution in [0.5, 0.6) is 0 Å². The van der Waals surface area contributed by atoms with Crippen LogP contribution >= 0.6 is 15.9 Å². The van der Waals surface area contributed by atoms with E-state index in [-0.39, 0.29) is 0 Å². The number of hydrogen-bond donors (Lipinski definition) is 0. The van der Waals surface area contributed by atoms with Gasteiger partial charge >= 0.3 is 0 Å². The fourth-order valence-electron chi connectivity index (χ4n) is 1.19. The Bertz CT molecular complexity index is 420. The maximum atomic E-state index is 4.10. The van der Waals surface area contributed by atoms with E-state index in [1.54, 1.807) is 0 Å². The van der Waals surface area contributed by atoms with Crippen LogP contribution in [0.3, 0.4) is 0 Å². The molecule has 0 bridgehead atoms. The lowest BCUT2D eigenvalue weighted by atomic mass is 10.3. The molecule has 0 aliphatic heterocycles. The molecule has 0 aliphatic carbocycles. The first-order valence-electron chi connectivity index (χ1n) is 3.96. The standard InChI is InChI=1S/C10H8BrN2/c1-8-5-6-12-13(8)10-4-2-3-9(11)7-10/h2-5,7H,1H3. The summed E-state index contributed by atoms with van der Waals surface area (Å²) >= 11 is 3.42. The predicted molar refractivity (Wildman–Crippen MR) is 54.8 cm³/mol. The average Bonchev–Trinajstić information content (AvgIpc) is 2.51. The Hall–Kier alpha value is -1.09. The van der Waals surface area contributed by atoms with Crippen molar-refractivity contribution in [2.24, 2.45) is 0 Å². The summed E-state index contributed by atoms with van der Waals surface area (Å²) in [7, 11) is 0. The highest BCUT2D eigenvalue weighted by Crippen LogP contribution is 2.15. The van der Waals surface area contributed by atoms with Crippen molar-refractivity contribution < 1.29 is 0 Å². The normalized spacial score (nSPS) is 10.3. The molecule has 1 aromatic heterocycles. The molecule has 0 saturated carbocycles. The van der Waals surface area contributed by atoms with E-state index in [4.69, 9.17) is 0 Å². The Kier molecular flexibility index (Phi) is 2.19. The van der Waals surface area contributed by atoms with Crippen molar-refractivity contribution in [1.29, 1.82) is 0 Å². The van der Waals surface area contributed by atoms with Gasteiger partial charge in [-0.3, -0.25) is 0 Å². The molecule has 1 aromatic carbocycles. The molecule has 0 unspecified atom stereocenters. The van der Waals surface area contributed by atoms with E-state index in [1.807, 2.05) is 41.9 Å². The third-order valence-electron chi connectivity index (χ3n) is 1.82. The lowest BCUT2D eigenvalue weighted by Crippen LogP contribution is -1.97. The summed E-state index contributed by atoms with van der Waals surface area (Å²) < 4.78 is 2.91. The van der Waals surface area contributed by atoms with Gasteiger partial charge in [-0.1, -0.05) is 22.0 Å². The quantitative estimate of drug-likeness (QED) is 0.744. The van der Waals surface area contributed by atoms with E-state index in [9.17, 15) is 0 Å². The molecule has 0 spiro atoms. The van der Waals surface area contributed by atoms with Crippen molar-refractivity contribution in [3.63, 3.8) is 0 Å². The van der Waals surface area contributed by atoms with Gasteiger partial charge in [0.25, 0.3) is 0 Å². The van der Waals surface area contributed by atoms with E-state index < -0.39 is 0 Å². The maximum Gasteiger partial charge on any atom is 0.113 e. The molecule has 0 atom stereocenters. The smallest absolute Gasteiger partial charge is 0.113 e. The zero-order chi connectivity index (χ0) is 9.26. The summed E-state index contributed by atoms with van der Waals surface area (Å²) in [5, 5.41) is 4.10. The number of rotatable bonds is 1. The molecule has 3 heteroatoms. The number of nitrogens with zero attached hydrogens (tertiary/aromatic N) is 2. The number of halogens is 1. The Balaban J connectivity index is 2.53. The molecule has 0 N–H and O–H groups in total. The SMILES string of the molecule is Cc1c[c]nn1-c1cccc(Br)c1. The molecule has 0 aliphatic rings. The number of aromatic nitrogens is 2. The molecule has 2 aromatic rings. The highest BCUT2D eigenvalue weighted by Gasteiger charge is 2.00. The first-order valence-corrected chi connectivity index (χ1v) is 4.75. The van der Waals surface area contributed by atoms with Gasteiger partial charge in [0.05, 0.1) is 5.69 Å². The van der Waals surface area contributed by atoms with Crippen LogP contribution in [0.15, 0.2) is 34.8 Å². The predicted octanol–water partition coefficient (Wildman–Crippen LogP) is 2.74. The monoisotopic (exact) mass is 235 g/mol. The first-order chi connectivity index (χ1) is 6.27. The number of aryl methyl sites for hydroxylation is 1. The van der Waals surface area contributed by atoms with Gasteiger partial charge in [0.15, 0.2) is 0 Å². The van der Waals surface area contributed by atoms with E-state index in [0.717, 1.165) is 15.9 Å². The molecular formula is C10H8BrN2. The van der Waals surface area contributed by atoms with Gasteiger partial charge in [-0.2, -0.15) is 5.10 Å². The van der Waals surface area contributed by atoms with E-state index in [1.165, 1.54) is 0 Å². The molecule has 1 heterocycles. The van der Waals surface area contributed by atoms with Crippen molar-refractivity contribution in [1.82, 2.24) is 9.78 Å². The summed E-state index contributed by atoms with van der Waals surface area (Å²) in [6.45, 7) is 2.00. The fourth-order valence-corrected chi connectivity index (χ4v) is 1.58. The van der Waals surface area contributed by atoms with Crippen LogP contribution in [0.2, 0.25) is 0 Å². The summed E-state index contributed by atoms with van der Waals surface area (Å²) in [5.41, 5.74) is 2.13. The zero-order valence-corrected chi connectivity index (χ0v) is 8.75. The van der Waals surface area contributed by atoms with Crippen molar-refractivity contribution in [2.45, 2.75) is 6.92 Å². The van der Waals surface area contributed by atoms with Gasteiger partial charge in [0.2, 0.25) is 0 Å². The van der Waals surface area contributed by atoms with E-state index in [2.05, 4.69) is 27.2 Å². The molecule has 2 rings (SSSR count). The van der Waals surface area contributed by atoms with Crippen molar-refractivity contribution in [3.8, 4) is 5.69 Å². The Morgan fingerprint density at radius 2 is 2.31 bits per heavy atom.